The molecule has 0 amide bonds. The number of thiophene rings is 1. The van der Waals surface area contributed by atoms with Gasteiger partial charge in [0.1, 0.15) is 0 Å². The highest BCUT2D eigenvalue weighted by Gasteiger charge is 2.53. The smallest absolute Gasteiger partial charge is 0.399 e. The Morgan fingerprint density at radius 2 is 1.39 bits per heavy atom. The fraction of sp³-hybridized carbons (Fsp3) is 0.250. The molecule has 0 radical (unpaired) electrons. The minimum absolute atomic E-state index is 0.360. The number of fused-ring (bicyclic) bond motifs is 2. The van der Waals surface area contributed by atoms with E-state index in [1.54, 1.807) is 0 Å². The summed E-state index contributed by atoms with van der Waals surface area (Å²) in [6, 6.07) is 23.7. The minimum Gasteiger partial charge on any atom is -0.399 e. The number of rotatable bonds is 2. The molecule has 28 heavy (non-hydrogen) atoms. The SMILES string of the molecule is CC1(C)OB(c2c(-c3ccc4ccccc4c3)sc3ccccc23)OC1(C)C. The lowest BCUT2D eigenvalue weighted by atomic mass is 9.76. The summed E-state index contributed by atoms with van der Waals surface area (Å²) in [7, 11) is -0.373. The van der Waals surface area contributed by atoms with E-state index in [-0.39, 0.29) is 18.3 Å². The zero-order valence-corrected chi connectivity index (χ0v) is 17.5. The molecular formula is C24H23BO2S. The van der Waals surface area contributed by atoms with Crippen molar-refractivity contribution in [2.45, 2.75) is 38.9 Å². The van der Waals surface area contributed by atoms with E-state index < -0.39 is 0 Å². The van der Waals surface area contributed by atoms with E-state index in [9.17, 15) is 0 Å². The molecule has 1 aliphatic heterocycles. The molecule has 2 nitrogen and oxygen atoms in total. The van der Waals surface area contributed by atoms with Crippen LogP contribution in [0.5, 0.6) is 0 Å². The maximum absolute atomic E-state index is 6.45. The molecule has 0 saturated carbocycles. The Kier molecular flexibility index (Phi) is 3.96. The molecule has 1 saturated heterocycles. The lowest BCUT2D eigenvalue weighted by molar-refractivity contribution is 0.00578. The molecule has 1 aliphatic rings. The first-order chi connectivity index (χ1) is 13.4. The minimum atomic E-state index is -0.373. The Hall–Kier alpha value is -2.14. The van der Waals surface area contributed by atoms with Gasteiger partial charge in [0.05, 0.1) is 11.2 Å². The van der Waals surface area contributed by atoms with E-state index in [1.165, 1.54) is 31.3 Å². The van der Waals surface area contributed by atoms with Crippen LogP contribution in [0.3, 0.4) is 0 Å². The summed E-state index contributed by atoms with van der Waals surface area (Å²) in [5.41, 5.74) is 1.64. The Labute approximate surface area is 170 Å². The number of hydrogen-bond donors (Lipinski definition) is 0. The molecule has 0 N–H and O–H groups in total. The van der Waals surface area contributed by atoms with Crippen LogP contribution in [0.2, 0.25) is 0 Å². The normalized spacial score (nSPS) is 18.2. The quantitative estimate of drug-likeness (QED) is 0.392. The first kappa shape index (κ1) is 17.9. The van der Waals surface area contributed by atoms with Gasteiger partial charge in [-0.25, -0.2) is 0 Å². The topological polar surface area (TPSA) is 18.5 Å². The molecule has 1 fully saturated rings. The molecule has 0 bridgehead atoms. The Balaban J connectivity index is 1.72. The zero-order valence-electron chi connectivity index (χ0n) is 16.7. The highest BCUT2D eigenvalue weighted by molar-refractivity contribution is 7.24. The van der Waals surface area contributed by atoms with Gasteiger partial charge in [0.2, 0.25) is 0 Å². The van der Waals surface area contributed by atoms with E-state index in [1.807, 2.05) is 11.3 Å². The van der Waals surface area contributed by atoms with E-state index >= 15 is 0 Å². The fourth-order valence-electron chi connectivity index (χ4n) is 3.81. The van der Waals surface area contributed by atoms with Crippen molar-refractivity contribution in [1.29, 1.82) is 0 Å². The fourth-order valence-corrected chi connectivity index (χ4v) is 5.02. The lowest BCUT2D eigenvalue weighted by Gasteiger charge is -2.32. The van der Waals surface area contributed by atoms with Gasteiger partial charge in [0.25, 0.3) is 0 Å². The predicted octanol–water partition coefficient (Wildman–Crippen LogP) is 6.02. The highest BCUT2D eigenvalue weighted by Crippen LogP contribution is 2.40. The molecule has 0 atom stereocenters. The van der Waals surface area contributed by atoms with Gasteiger partial charge in [-0.3, -0.25) is 0 Å². The van der Waals surface area contributed by atoms with Crippen molar-refractivity contribution in [3.8, 4) is 10.4 Å². The van der Waals surface area contributed by atoms with Crippen LogP contribution in [0.15, 0.2) is 66.7 Å². The summed E-state index contributed by atoms with van der Waals surface area (Å²) in [5, 5.41) is 3.72. The van der Waals surface area contributed by atoms with Crippen LogP contribution in [0.25, 0.3) is 31.3 Å². The van der Waals surface area contributed by atoms with E-state index in [0.29, 0.717) is 0 Å². The molecule has 0 spiro atoms. The summed E-state index contributed by atoms with van der Waals surface area (Å²) >= 11 is 1.81. The van der Waals surface area contributed by atoms with Crippen molar-refractivity contribution < 1.29 is 9.31 Å². The van der Waals surface area contributed by atoms with Crippen LogP contribution >= 0.6 is 11.3 Å². The molecule has 4 aromatic rings. The van der Waals surface area contributed by atoms with E-state index in [0.717, 1.165) is 5.46 Å². The predicted molar refractivity (Wildman–Crippen MR) is 120 cm³/mol. The van der Waals surface area contributed by atoms with Gasteiger partial charge in [0, 0.05) is 15.0 Å². The second-order valence-corrected chi connectivity index (χ2v) is 9.54. The maximum Gasteiger partial charge on any atom is 0.496 e. The maximum atomic E-state index is 6.45. The summed E-state index contributed by atoms with van der Waals surface area (Å²) in [6.07, 6.45) is 0. The van der Waals surface area contributed by atoms with Crippen LogP contribution < -0.4 is 5.46 Å². The van der Waals surface area contributed by atoms with Crippen LogP contribution in [0.4, 0.5) is 0 Å². The second kappa shape index (κ2) is 6.18. The van der Waals surface area contributed by atoms with E-state index in [4.69, 9.17) is 9.31 Å². The van der Waals surface area contributed by atoms with Crippen molar-refractivity contribution in [2.24, 2.45) is 0 Å². The second-order valence-electron chi connectivity index (χ2n) is 8.49. The first-order valence-corrected chi connectivity index (χ1v) is 10.5. The molecule has 140 valence electrons. The van der Waals surface area contributed by atoms with Gasteiger partial charge in [-0.15, -0.1) is 11.3 Å². The average molecular weight is 386 g/mol. The molecule has 1 aromatic heterocycles. The van der Waals surface area contributed by atoms with Crippen LogP contribution in [-0.2, 0) is 9.31 Å². The third kappa shape index (κ3) is 2.71. The highest BCUT2D eigenvalue weighted by atomic mass is 32.1. The summed E-state index contributed by atoms with van der Waals surface area (Å²) in [4.78, 5) is 1.23. The van der Waals surface area contributed by atoms with Gasteiger partial charge in [-0.1, -0.05) is 54.6 Å². The molecule has 5 rings (SSSR count). The van der Waals surface area contributed by atoms with Gasteiger partial charge in [-0.05, 0) is 61.5 Å². The average Bonchev–Trinajstić information content (AvgIpc) is 3.15. The van der Waals surface area contributed by atoms with Crippen molar-refractivity contribution in [1.82, 2.24) is 0 Å². The van der Waals surface area contributed by atoms with Crippen LogP contribution in [-0.4, -0.2) is 18.3 Å². The zero-order chi connectivity index (χ0) is 19.5. The van der Waals surface area contributed by atoms with Gasteiger partial charge in [-0.2, -0.15) is 0 Å². The third-order valence-electron chi connectivity index (χ3n) is 6.13. The molecular weight excluding hydrogens is 363 g/mol. The number of benzene rings is 3. The summed E-state index contributed by atoms with van der Waals surface area (Å²) in [6.45, 7) is 8.43. The van der Waals surface area contributed by atoms with E-state index in [2.05, 4.69) is 94.4 Å². The standard InChI is InChI=1S/C24H23BO2S/c1-23(2)24(3,4)27-25(26-23)21-19-11-7-8-12-20(19)28-22(21)18-14-13-16-9-5-6-10-17(16)15-18/h5-15H,1-4H3. The summed E-state index contributed by atoms with van der Waals surface area (Å²) in [5.74, 6) is 0. The monoisotopic (exact) mass is 386 g/mol. The van der Waals surface area contributed by atoms with Gasteiger partial charge in [0.15, 0.2) is 0 Å². The molecule has 3 aromatic carbocycles. The van der Waals surface area contributed by atoms with Gasteiger partial charge < -0.3 is 9.31 Å². The van der Waals surface area contributed by atoms with Crippen LogP contribution in [0.1, 0.15) is 27.7 Å². The van der Waals surface area contributed by atoms with Crippen LogP contribution in [0, 0.1) is 0 Å². The molecule has 0 aliphatic carbocycles. The van der Waals surface area contributed by atoms with Crippen molar-refractivity contribution in [3.63, 3.8) is 0 Å². The third-order valence-corrected chi connectivity index (χ3v) is 7.37. The lowest BCUT2D eigenvalue weighted by Crippen LogP contribution is -2.41. The largest absolute Gasteiger partial charge is 0.496 e. The Morgan fingerprint density at radius 1 is 0.750 bits per heavy atom. The molecule has 2 heterocycles. The Bertz CT molecular complexity index is 1180. The molecule has 0 unspecified atom stereocenters. The van der Waals surface area contributed by atoms with Crippen molar-refractivity contribution in [2.75, 3.05) is 0 Å². The first-order valence-electron chi connectivity index (χ1n) is 9.72. The summed E-state index contributed by atoms with van der Waals surface area (Å²) < 4.78 is 14.2. The van der Waals surface area contributed by atoms with Gasteiger partial charge >= 0.3 is 7.12 Å². The Morgan fingerprint density at radius 3 is 2.14 bits per heavy atom. The molecule has 4 heteroatoms. The van der Waals surface area contributed by atoms with Crippen molar-refractivity contribution in [3.05, 3.63) is 66.7 Å². The van der Waals surface area contributed by atoms with Crippen molar-refractivity contribution >= 4 is 44.8 Å². The number of hydrogen-bond acceptors (Lipinski definition) is 3.